The Morgan fingerprint density at radius 3 is 2.91 bits per heavy atom. The molecule has 0 unspecified atom stereocenters. The minimum atomic E-state index is 0.655. The van der Waals surface area contributed by atoms with Crippen LogP contribution in [-0.2, 0) is 13.6 Å². The number of hydrogen-bond donors (Lipinski definition) is 1. The lowest BCUT2D eigenvalue weighted by Gasteiger charge is -2.40. The van der Waals surface area contributed by atoms with Gasteiger partial charge in [0, 0.05) is 45.3 Å². The quantitative estimate of drug-likeness (QED) is 0.734. The highest BCUT2D eigenvalue weighted by Crippen LogP contribution is 2.22. The summed E-state index contributed by atoms with van der Waals surface area (Å²) in [5, 5.41) is 16.2. The topological polar surface area (TPSA) is 76.2 Å². The first-order valence-corrected chi connectivity index (χ1v) is 7.80. The van der Waals surface area contributed by atoms with E-state index in [0.717, 1.165) is 43.5 Å². The highest BCUT2D eigenvalue weighted by atomic mass is 15.4. The van der Waals surface area contributed by atoms with E-state index >= 15 is 0 Å². The number of anilines is 1. The second-order valence-electron chi connectivity index (χ2n) is 6.11. The molecule has 0 aromatic carbocycles. The van der Waals surface area contributed by atoms with Crippen molar-refractivity contribution in [2.24, 2.45) is 13.0 Å². The molecule has 8 heteroatoms. The fourth-order valence-electron chi connectivity index (χ4n) is 2.90. The molecule has 0 radical (unpaired) electrons. The van der Waals surface area contributed by atoms with Gasteiger partial charge in [-0.2, -0.15) is 4.52 Å². The van der Waals surface area contributed by atoms with E-state index in [-0.39, 0.29) is 0 Å². The lowest BCUT2D eigenvalue weighted by molar-refractivity contribution is 0.379. The molecule has 0 amide bonds. The maximum Gasteiger partial charge on any atom is 0.178 e. The smallest absolute Gasteiger partial charge is 0.178 e. The molecule has 1 N–H and O–H groups in total. The summed E-state index contributed by atoms with van der Waals surface area (Å²) in [5.74, 6) is 2.46. The Bertz CT molecular complexity index is 814. The summed E-state index contributed by atoms with van der Waals surface area (Å²) in [6.07, 6.45) is 3.73. The van der Waals surface area contributed by atoms with Crippen LogP contribution >= 0.6 is 0 Å². The number of fused-ring (bicyclic) bond motifs is 1. The highest BCUT2D eigenvalue weighted by Gasteiger charge is 2.27. The van der Waals surface area contributed by atoms with E-state index in [2.05, 4.69) is 30.5 Å². The fourth-order valence-corrected chi connectivity index (χ4v) is 2.90. The van der Waals surface area contributed by atoms with Crippen LogP contribution in [0.2, 0.25) is 0 Å². The van der Waals surface area contributed by atoms with Crippen molar-refractivity contribution >= 4 is 11.5 Å². The van der Waals surface area contributed by atoms with Crippen LogP contribution in [0.3, 0.4) is 0 Å². The molecule has 4 heterocycles. The normalized spacial score (nSPS) is 15.3. The van der Waals surface area contributed by atoms with E-state index in [1.165, 1.54) is 5.69 Å². The van der Waals surface area contributed by atoms with Gasteiger partial charge < -0.3 is 14.8 Å². The van der Waals surface area contributed by atoms with Crippen LogP contribution in [0.1, 0.15) is 11.5 Å². The molecule has 0 atom stereocenters. The van der Waals surface area contributed by atoms with E-state index in [4.69, 9.17) is 0 Å². The summed E-state index contributed by atoms with van der Waals surface area (Å²) >= 11 is 0. The van der Waals surface area contributed by atoms with Crippen molar-refractivity contribution in [3.05, 3.63) is 36.2 Å². The minimum absolute atomic E-state index is 0.655. The number of aryl methyl sites for hydroxylation is 2. The predicted molar refractivity (Wildman–Crippen MR) is 86.1 cm³/mol. The first kappa shape index (κ1) is 14.1. The molecule has 3 aromatic rings. The van der Waals surface area contributed by atoms with Crippen LogP contribution in [0, 0.1) is 12.8 Å². The van der Waals surface area contributed by atoms with Gasteiger partial charge in [0.05, 0.1) is 12.0 Å². The molecule has 23 heavy (non-hydrogen) atoms. The number of imidazole rings is 1. The van der Waals surface area contributed by atoms with Crippen LogP contribution < -0.4 is 10.2 Å². The maximum atomic E-state index is 4.61. The molecule has 0 aliphatic carbocycles. The third-order valence-electron chi connectivity index (χ3n) is 4.34. The van der Waals surface area contributed by atoms with Crippen molar-refractivity contribution in [1.29, 1.82) is 0 Å². The highest BCUT2D eigenvalue weighted by molar-refractivity contribution is 5.47. The Labute approximate surface area is 134 Å². The first-order chi connectivity index (χ1) is 11.2. The van der Waals surface area contributed by atoms with Crippen molar-refractivity contribution < 1.29 is 0 Å². The summed E-state index contributed by atoms with van der Waals surface area (Å²) < 4.78 is 3.84. The van der Waals surface area contributed by atoms with E-state index in [1.54, 1.807) is 4.52 Å². The molecule has 120 valence electrons. The van der Waals surface area contributed by atoms with Crippen molar-refractivity contribution in [1.82, 2.24) is 34.7 Å². The van der Waals surface area contributed by atoms with Crippen molar-refractivity contribution in [2.75, 3.05) is 24.5 Å². The number of hydrogen-bond acceptors (Lipinski definition) is 6. The monoisotopic (exact) mass is 312 g/mol. The van der Waals surface area contributed by atoms with Crippen LogP contribution in [0.5, 0.6) is 0 Å². The first-order valence-electron chi connectivity index (χ1n) is 7.80. The molecule has 4 rings (SSSR count). The largest absolute Gasteiger partial charge is 0.354 e. The average Bonchev–Trinajstić information content (AvgIpc) is 3.08. The van der Waals surface area contributed by atoms with E-state index < -0.39 is 0 Å². The van der Waals surface area contributed by atoms with Gasteiger partial charge in [-0.1, -0.05) is 0 Å². The van der Waals surface area contributed by atoms with Crippen LogP contribution in [0.15, 0.2) is 24.7 Å². The molecular formula is C15H20N8. The minimum Gasteiger partial charge on any atom is -0.354 e. The third kappa shape index (κ3) is 2.65. The molecule has 1 fully saturated rings. The molecule has 8 nitrogen and oxygen atoms in total. The van der Waals surface area contributed by atoms with Gasteiger partial charge >= 0.3 is 0 Å². The van der Waals surface area contributed by atoms with Gasteiger partial charge in [-0.15, -0.1) is 15.3 Å². The van der Waals surface area contributed by atoms with Gasteiger partial charge in [0.25, 0.3) is 0 Å². The molecule has 1 saturated heterocycles. The second kappa shape index (κ2) is 5.62. The average molecular weight is 312 g/mol. The van der Waals surface area contributed by atoms with Gasteiger partial charge in [0.15, 0.2) is 11.5 Å². The van der Waals surface area contributed by atoms with Crippen LogP contribution in [0.25, 0.3) is 5.65 Å². The van der Waals surface area contributed by atoms with E-state index in [1.807, 2.05) is 43.2 Å². The zero-order valence-corrected chi connectivity index (χ0v) is 13.3. The predicted octanol–water partition coefficient (Wildman–Crippen LogP) is 0.392. The zero-order chi connectivity index (χ0) is 15.8. The Morgan fingerprint density at radius 1 is 1.26 bits per heavy atom. The summed E-state index contributed by atoms with van der Waals surface area (Å²) in [6.45, 7) is 5.83. The maximum absolute atomic E-state index is 4.61. The van der Waals surface area contributed by atoms with Gasteiger partial charge in [-0.3, -0.25) is 0 Å². The summed E-state index contributed by atoms with van der Waals surface area (Å²) in [5.41, 5.74) is 2.00. The molecule has 1 aliphatic heterocycles. The number of nitrogens with zero attached hydrogens (tertiary/aromatic N) is 7. The van der Waals surface area contributed by atoms with Crippen molar-refractivity contribution in [2.45, 2.75) is 13.5 Å². The SMILES string of the molecule is Cc1nnc2ccc(N3CC(CNCc4cncn4C)C3)nn12. The second-order valence-corrected chi connectivity index (χ2v) is 6.11. The molecular weight excluding hydrogens is 292 g/mol. The Balaban J connectivity index is 1.30. The van der Waals surface area contributed by atoms with Crippen molar-refractivity contribution in [3.8, 4) is 0 Å². The van der Waals surface area contributed by atoms with Gasteiger partial charge in [0.1, 0.15) is 5.82 Å². The summed E-state index contributed by atoms with van der Waals surface area (Å²) in [7, 11) is 2.02. The van der Waals surface area contributed by atoms with Gasteiger partial charge in [-0.05, 0) is 19.1 Å². The summed E-state index contributed by atoms with van der Waals surface area (Å²) in [4.78, 5) is 6.41. The lowest BCUT2D eigenvalue weighted by atomic mass is 10.0. The molecule has 1 aliphatic rings. The lowest BCUT2D eigenvalue weighted by Crippen LogP contribution is -2.51. The molecule has 0 spiro atoms. The number of nitrogens with one attached hydrogen (secondary N) is 1. The zero-order valence-electron chi connectivity index (χ0n) is 13.3. The Morgan fingerprint density at radius 2 is 2.13 bits per heavy atom. The van der Waals surface area contributed by atoms with Crippen LogP contribution in [0.4, 0.5) is 5.82 Å². The van der Waals surface area contributed by atoms with Crippen LogP contribution in [-0.4, -0.2) is 49.0 Å². The Hall–Kier alpha value is -2.48. The Kier molecular flexibility index (Phi) is 3.45. The van der Waals surface area contributed by atoms with E-state index in [0.29, 0.717) is 5.92 Å². The molecule has 0 bridgehead atoms. The number of rotatable bonds is 5. The number of aromatic nitrogens is 6. The van der Waals surface area contributed by atoms with E-state index in [9.17, 15) is 0 Å². The van der Waals surface area contributed by atoms with Gasteiger partial charge in [-0.25, -0.2) is 4.98 Å². The third-order valence-corrected chi connectivity index (χ3v) is 4.34. The molecule has 0 saturated carbocycles. The molecule has 3 aromatic heterocycles. The summed E-state index contributed by atoms with van der Waals surface area (Å²) in [6, 6.07) is 3.99. The fraction of sp³-hybridized carbons (Fsp3) is 0.467. The van der Waals surface area contributed by atoms with Gasteiger partial charge in [0.2, 0.25) is 0 Å². The van der Waals surface area contributed by atoms with Crippen molar-refractivity contribution in [3.63, 3.8) is 0 Å². The standard InChI is InChI=1S/C15H20N8/c1-11-18-19-14-3-4-15(20-23(11)14)22-8-12(9-22)5-16-6-13-7-17-10-21(13)2/h3-4,7,10,12,16H,5-6,8-9H2,1-2H3.